The SMILES string of the molecule is CCCOc1ccc(CNc2ccccc2OCC(C)C)cc1. The van der Waals surface area contributed by atoms with Gasteiger partial charge in [-0.05, 0) is 42.2 Å². The van der Waals surface area contributed by atoms with Crippen LogP contribution < -0.4 is 14.8 Å². The van der Waals surface area contributed by atoms with E-state index in [1.807, 2.05) is 36.4 Å². The molecule has 0 spiro atoms. The zero-order valence-electron chi connectivity index (χ0n) is 14.3. The summed E-state index contributed by atoms with van der Waals surface area (Å²) in [6, 6.07) is 16.3. The predicted octanol–water partition coefficient (Wildman–Crippen LogP) is 5.12. The van der Waals surface area contributed by atoms with Crippen LogP contribution in [0.4, 0.5) is 5.69 Å². The van der Waals surface area contributed by atoms with E-state index in [-0.39, 0.29) is 0 Å². The van der Waals surface area contributed by atoms with Crippen molar-refractivity contribution in [2.45, 2.75) is 33.7 Å². The van der Waals surface area contributed by atoms with Crippen LogP contribution in [0.2, 0.25) is 0 Å². The summed E-state index contributed by atoms with van der Waals surface area (Å²) >= 11 is 0. The zero-order valence-corrected chi connectivity index (χ0v) is 14.3. The monoisotopic (exact) mass is 313 g/mol. The fraction of sp³-hybridized carbons (Fsp3) is 0.400. The van der Waals surface area contributed by atoms with Crippen LogP contribution in [-0.4, -0.2) is 13.2 Å². The van der Waals surface area contributed by atoms with Crippen LogP contribution in [0.5, 0.6) is 11.5 Å². The highest BCUT2D eigenvalue weighted by molar-refractivity contribution is 5.56. The van der Waals surface area contributed by atoms with Crippen molar-refractivity contribution in [3.8, 4) is 11.5 Å². The second-order valence-electron chi connectivity index (χ2n) is 6.05. The minimum atomic E-state index is 0.513. The van der Waals surface area contributed by atoms with Crippen molar-refractivity contribution in [3.05, 3.63) is 54.1 Å². The fourth-order valence-corrected chi connectivity index (χ4v) is 2.12. The molecule has 3 nitrogen and oxygen atoms in total. The highest BCUT2D eigenvalue weighted by Crippen LogP contribution is 2.25. The van der Waals surface area contributed by atoms with Gasteiger partial charge in [-0.25, -0.2) is 0 Å². The third-order valence-electron chi connectivity index (χ3n) is 3.34. The Morgan fingerprint density at radius 2 is 1.70 bits per heavy atom. The molecule has 0 saturated heterocycles. The number of para-hydroxylation sites is 2. The van der Waals surface area contributed by atoms with Gasteiger partial charge in [0, 0.05) is 6.54 Å². The Kier molecular flexibility index (Phi) is 6.79. The molecule has 2 aromatic carbocycles. The maximum atomic E-state index is 5.87. The fourth-order valence-electron chi connectivity index (χ4n) is 2.12. The van der Waals surface area contributed by atoms with Crippen LogP contribution in [-0.2, 0) is 6.54 Å². The number of rotatable bonds is 9. The second kappa shape index (κ2) is 9.09. The van der Waals surface area contributed by atoms with Crippen molar-refractivity contribution in [1.82, 2.24) is 0 Å². The van der Waals surface area contributed by atoms with Gasteiger partial charge in [0.1, 0.15) is 11.5 Å². The molecule has 0 aliphatic heterocycles. The second-order valence-corrected chi connectivity index (χ2v) is 6.05. The first-order valence-electron chi connectivity index (χ1n) is 8.36. The standard InChI is InChI=1S/C20H27NO2/c1-4-13-22-18-11-9-17(10-12-18)14-21-19-7-5-6-8-20(19)23-15-16(2)3/h5-12,16,21H,4,13-15H2,1-3H3. The molecule has 0 atom stereocenters. The van der Waals surface area contributed by atoms with Crippen LogP contribution in [0.15, 0.2) is 48.5 Å². The third-order valence-corrected chi connectivity index (χ3v) is 3.34. The lowest BCUT2D eigenvalue weighted by atomic mass is 10.2. The van der Waals surface area contributed by atoms with Gasteiger partial charge in [-0.1, -0.05) is 45.0 Å². The maximum absolute atomic E-state index is 5.87. The molecule has 1 N–H and O–H groups in total. The largest absolute Gasteiger partial charge is 0.494 e. The van der Waals surface area contributed by atoms with Crippen molar-refractivity contribution in [2.24, 2.45) is 5.92 Å². The summed E-state index contributed by atoms with van der Waals surface area (Å²) in [5, 5.41) is 3.45. The summed E-state index contributed by atoms with van der Waals surface area (Å²) in [4.78, 5) is 0. The van der Waals surface area contributed by atoms with Crippen molar-refractivity contribution in [1.29, 1.82) is 0 Å². The number of anilines is 1. The van der Waals surface area contributed by atoms with Crippen LogP contribution in [0.1, 0.15) is 32.8 Å². The summed E-state index contributed by atoms with van der Waals surface area (Å²) in [6.07, 6.45) is 1.02. The zero-order chi connectivity index (χ0) is 16.5. The average molecular weight is 313 g/mol. The molecule has 124 valence electrons. The van der Waals surface area contributed by atoms with Gasteiger partial charge in [-0.3, -0.25) is 0 Å². The van der Waals surface area contributed by atoms with E-state index in [1.165, 1.54) is 5.56 Å². The summed E-state index contributed by atoms with van der Waals surface area (Å²) < 4.78 is 11.5. The lowest BCUT2D eigenvalue weighted by Gasteiger charge is -2.14. The van der Waals surface area contributed by atoms with Gasteiger partial charge < -0.3 is 14.8 Å². The number of benzene rings is 2. The summed E-state index contributed by atoms with van der Waals surface area (Å²) in [5.74, 6) is 2.35. The van der Waals surface area contributed by atoms with E-state index in [9.17, 15) is 0 Å². The van der Waals surface area contributed by atoms with Crippen molar-refractivity contribution < 1.29 is 9.47 Å². The highest BCUT2D eigenvalue weighted by Gasteiger charge is 2.04. The van der Waals surface area contributed by atoms with E-state index in [0.29, 0.717) is 5.92 Å². The molecule has 0 aromatic heterocycles. The smallest absolute Gasteiger partial charge is 0.142 e. The Morgan fingerprint density at radius 3 is 2.39 bits per heavy atom. The molecule has 0 aliphatic carbocycles. The summed E-state index contributed by atoms with van der Waals surface area (Å²) in [6.45, 7) is 8.66. The minimum absolute atomic E-state index is 0.513. The van der Waals surface area contributed by atoms with E-state index >= 15 is 0 Å². The van der Waals surface area contributed by atoms with E-state index < -0.39 is 0 Å². The molecule has 2 rings (SSSR count). The summed E-state index contributed by atoms with van der Waals surface area (Å²) in [5.41, 5.74) is 2.24. The molecule has 0 heterocycles. The van der Waals surface area contributed by atoms with Gasteiger partial charge in [0.2, 0.25) is 0 Å². The molecular formula is C20H27NO2. The molecule has 23 heavy (non-hydrogen) atoms. The van der Waals surface area contributed by atoms with Gasteiger partial charge >= 0.3 is 0 Å². The van der Waals surface area contributed by atoms with Crippen LogP contribution in [0, 0.1) is 5.92 Å². The van der Waals surface area contributed by atoms with Gasteiger partial charge in [0.15, 0.2) is 0 Å². The van der Waals surface area contributed by atoms with Crippen molar-refractivity contribution >= 4 is 5.69 Å². The summed E-state index contributed by atoms with van der Waals surface area (Å²) in [7, 11) is 0. The van der Waals surface area contributed by atoms with E-state index in [0.717, 1.165) is 43.4 Å². The molecule has 0 aliphatic rings. The molecular weight excluding hydrogens is 286 g/mol. The first-order valence-corrected chi connectivity index (χ1v) is 8.36. The van der Waals surface area contributed by atoms with Gasteiger partial charge in [-0.2, -0.15) is 0 Å². The molecule has 0 fully saturated rings. The molecule has 0 unspecified atom stereocenters. The van der Waals surface area contributed by atoms with Crippen LogP contribution in [0.3, 0.4) is 0 Å². The first-order chi connectivity index (χ1) is 11.2. The topological polar surface area (TPSA) is 30.5 Å². The van der Waals surface area contributed by atoms with Crippen molar-refractivity contribution in [3.63, 3.8) is 0 Å². The number of nitrogens with one attached hydrogen (secondary N) is 1. The van der Waals surface area contributed by atoms with Crippen molar-refractivity contribution in [2.75, 3.05) is 18.5 Å². The molecule has 0 bridgehead atoms. The van der Waals surface area contributed by atoms with E-state index in [4.69, 9.17) is 9.47 Å². The van der Waals surface area contributed by atoms with Crippen LogP contribution in [0.25, 0.3) is 0 Å². The highest BCUT2D eigenvalue weighted by atomic mass is 16.5. The third kappa shape index (κ3) is 5.85. The Bertz CT molecular complexity index is 578. The lowest BCUT2D eigenvalue weighted by Crippen LogP contribution is -2.07. The minimum Gasteiger partial charge on any atom is -0.494 e. The van der Waals surface area contributed by atoms with E-state index in [1.54, 1.807) is 0 Å². The number of hydrogen-bond donors (Lipinski definition) is 1. The molecule has 3 heteroatoms. The van der Waals surface area contributed by atoms with Crippen LogP contribution >= 0.6 is 0 Å². The lowest BCUT2D eigenvalue weighted by molar-refractivity contribution is 0.272. The average Bonchev–Trinajstić information content (AvgIpc) is 2.58. The quantitative estimate of drug-likeness (QED) is 0.697. The first kappa shape index (κ1) is 17.2. The predicted molar refractivity (Wildman–Crippen MR) is 96.3 cm³/mol. The molecule has 0 radical (unpaired) electrons. The number of ether oxygens (including phenoxy) is 2. The van der Waals surface area contributed by atoms with Gasteiger partial charge in [0.25, 0.3) is 0 Å². The Morgan fingerprint density at radius 1 is 0.957 bits per heavy atom. The van der Waals surface area contributed by atoms with Gasteiger partial charge in [0.05, 0.1) is 18.9 Å². The normalized spacial score (nSPS) is 10.6. The molecule has 0 amide bonds. The Labute approximate surface area is 139 Å². The maximum Gasteiger partial charge on any atom is 0.142 e. The number of hydrogen-bond acceptors (Lipinski definition) is 3. The Hall–Kier alpha value is -2.16. The Balaban J connectivity index is 1.92. The molecule has 0 saturated carbocycles. The van der Waals surface area contributed by atoms with Gasteiger partial charge in [-0.15, -0.1) is 0 Å². The molecule has 2 aromatic rings. The van der Waals surface area contributed by atoms with E-state index in [2.05, 4.69) is 38.2 Å².